The summed E-state index contributed by atoms with van der Waals surface area (Å²) in [5.41, 5.74) is 1.61. The van der Waals surface area contributed by atoms with Crippen LogP contribution in [0.1, 0.15) is 6.92 Å². The first-order chi connectivity index (χ1) is 14.4. The van der Waals surface area contributed by atoms with Crippen molar-refractivity contribution in [3.05, 3.63) is 52.6 Å². The Morgan fingerprint density at radius 1 is 1.27 bits per heavy atom. The number of aromatic nitrogens is 2. The fourth-order valence-corrected chi connectivity index (χ4v) is 3.62. The Morgan fingerprint density at radius 3 is 2.73 bits per heavy atom. The van der Waals surface area contributed by atoms with Crippen LogP contribution in [0.2, 0.25) is 0 Å². The van der Waals surface area contributed by atoms with E-state index in [1.807, 2.05) is 18.2 Å². The summed E-state index contributed by atoms with van der Waals surface area (Å²) in [7, 11) is 1.54. The monoisotopic (exact) mass is 429 g/mol. The normalized spacial score (nSPS) is 10.6. The second-order valence-electron chi connectivity index (χ2n) is 6.03. The van der Waals surface area contributed by atoms with Crippen LogP contribution in [0.25, 0.3) is 16.7 Å². The fourth-order valence-electron chi connectivity index (χ4n) is 2.80. The molecule has 3 rings (SSSR count). The van der Waals surface area contributed by atoms with Crippen LogP contribution in [0.5, 0.6) is 5.75 Å². The van der Waals surface area contributed by atoms with Crippen molar-refractivity contribution in [3.63, 3.8) is 0 Å². The summed E-state index contributed by atoms with van der Waals surface area (Å²) in [6, 6.07) is 11.0. The molecule has 156 valence electrons. The zero-order chi connectivity index (χ0) is 21.7. The summed E-state index contributed by atoms with van der Waals surface area (Å²) in [5.74, 6) is 0.0110. The molecule has 0 radical (unpaired) electrons. The number of nitro benzene ring substituents is 1. The lowest BCUT2D eigenvalue weighted by Gasteiger charge is -2.13. The number of imide groups is 1. The van der Waals surface area contributed by atoms with Gasteiger partial charge in [0.15, 0.2) is 5.16 Å². The first-order valence-electron chi connectivity index (χ1n) is 8.95. The minimum atomic E-state index is -0.572. The molecular weight excluding hydrogens is 410 g/mol. The van der Waals surface area contributed by atoms with Crippen LogP contribution in [0.15, 0.2) is 47.6 Å². The van der Waals surface area contributed by atoms with Crippen molar-refractivity contribution in [2.45, 2.75) is 12.1 Å². The molecule has 1 heterocycles. The number of nitrogens with one attached hydrogen (secondary N) is 2. The number of methoxy groups -OCH3 is 1. The minimum Gasteiger partial charge on any atom is -0.495 e. The molecule has 30 heavy (non-hydrogen) atoms. The number of rotatable bonds is 7. The molecule has 0 unspecified atom stereocenters. The number of fused-ring (bicyclic) bond motifs is 1. The van der Waals surface area contributed by atoms with Crippen molar-refractivity contribution in [2.75, 3.05) is 19.4 Å². The maximum absolute atomic E-state index is 12.1. The van der Waals surface area contributed by atoms with Crippen LogP contribution in [-0.4, -0.2) is 45.8 Å². The van der Waals surface area contributed by atoms with E-state index in [1.54, 1.807) is 23.6 Å². The van der Waals surface area contributed by atoms with Gasteiger partial charge in [-0.15, -0.1) is 0 Å². The predicted molar refractivity (Wildman–Crippen MR) is 112 cm³/mol. The van der Waals surface area contributed by atoms with Crippen molar-refractivity contribution in [1.82, 2.24) is 20.2 Å². The average Bonchev–Trinajstić information content (AvgIpc) is 3.09. The molecule has 0 bridgehead atoms. The molecule has 0 atom stereocenters. The van der Waals surface area contributed by atoms with Crippen molar-refractivity contribution < 1.29 is 19.2 Å². The SMILES string of the molecule is CCNC(=O)NC(=O)CSc1nc2cc([N+](=O)[O-])ccc2n1-c1ccccc1OC. The topological polar surface area (TPSA) is 128 Å². The lowest BCUT2D eigenvalue weighted by atomic mass is 10.2. The Bertz CT molecular complexity index is 1110. The summed E-state index contributed by atoms with van der Waals surface area (Å²) in [4.78, 5) is 38.7. The first kappa shape index (κ1) is 21.1. The molecule has 1 aromatic heterocycles. The van der Waals surface area contributed by atoms with E-state index in [-0.39, 0.29) is 11.4 Å². The number of amides is 3. The highest BCUT2D eigenvalue weighted by molar-refractivity contribution is 7.99. The Morgan fingerprint density at radius 2 is 2.03 bits per heavy atom. The van der Waals surface area contributed by atoms with Gasteiger partial charge in [-0.1, -0.05) is 23.9 Å². The van der Waals surface area contributed by atoms with Gasteiger partial charge in [-0.3, -0.25) is 24.8 Å². The number of urea groups is 1. The van der Waals surface area contributed by atoms with Gasteiger partial charge in [-0.25, -0.2) is 9.78 Å². The van der Waals surface area contributed by atoms with Crippen molar-refractivity contribution in [2.24, 2.45) is 0 Å². The number of hydrogen-bond acceptors (Lipinski definition) is 7. The largest absolute Gasteiger partial charge is 0.495 e. The number of carbonyl (C=O) groups is 2. The van der Waals surface area contributed by atoms with E-state index in [9.17, 15) is 19.7 Å². The van der Waals surface area contributed by atoms with Gasteiger partial charge in [-0.2, -0.15) is 0 Å². The molecule has 3 amide bonds. The minimum absolute atomic E-state index is 0.0717. The molecule has 2 N–H and O–H groups in total. The number of nitrogens with zero attached hydrogens (tertiary/aromatic N) is 3. The summed E-state index contributed by atoms with van der Waals surface area (Å²) < 4.78 is 7.21. The van der Waals surface area contributed by atoms with Gasteiger partial charge in [-0.05, 0) is 25.1 Å². The number of thioether (sulfide) groups is 1. The van der Waals surface area contributed by atoms with Crippen molar-refractivity contribution in [3.8, 4) is 11.4 Å². The number of nitro groups is 1. The first-order valence-corrected chi connectivity index (χ1v) is 9.94. The summed E-state index contributed by atoms with van der Waals surface area (Å²) in [6.07, 6.45) is 0. The van der Waals surface area contributed by atoms with Gasteiger partial charge < -0.3 is 10.1 Å². The predicted octanol–water partition coefficient (Wildman–Crippen LogP) is 2.88. The Hall–Kier alpha value is -3.60. The van der Waals surface area contributed by atoms with Gasteiger partial charge in [0.1, 0.15) is 5.75 Å². The molecule has 0 saturated carbocycles. The third-order valence-corrected chi connectivity index (χ3v) is 5.01. The number of ether oxygens (including phenoxy) is 1. The molecule has 0 fully saturated rings. The molecule has 0 spiro atoms. The van der Waals surface area contributed by atoms with Crippen LogP contribution in [0.4, 0.5) is 10.5 Å². The van der Waals surface area contributed by atoms with Gasteiger partial charge in [0.05, 0.1) is 34.5 Å². The van der Waals surface area contributed by atoms with Gasteiger partial charge in [0, 0.05) is 18.7 Å². The van der Waals surface area contributed by atoms with E-state index >= 15 is 0 Å². The molecule has 3 aromatic rings. The molecule has 0 aliphatic heterocycles. The highest BCUT2D eigenvalue weighted by Crippen LogP contribution is 2.33. The zero-order valence-electron chi connectivity index (χ0n) is 16.2. The maximum atomic E-state index is 12.1. The van der Waals surface area contributed by atoms with Crippen molar-refractivity contribution in [1.29, 1.82) is 0 Å². The number of benzene rings is 2. The molecular formula is C19H19N5O5S. The number of para-hydroxylation sites is 2. The van der Waals surface area contributed by atoms with E-state index in [1.165, 1.54) is 19.2 Å². The van der Waals surface area contributed by atoms with E-state index < -0.39 is 16.9 Å². The van der Waals surface area contributed by atoms with Crippen molar-refractivity contribution >= 4 is 40.4 Å². The number of hydrogen-bond donors (Lipinski definition) is 2. The number of carbonyl (C=O) groups excluding carboxylic acids is 2. The quantitative estimate of drug-likeness (QED) is 0.336. The lowest BCUT2D eigenvalue weighted by molar-refractivity contribution is -0.384. The standard InChI is InChI=1S/C19H19N5O5S/c1-3-20-18(26)22-17(25)11-30-19-21-13-10-12(24(27)28)8-9-14(13)23(19)15-6-4-5-7-16(15)29-2/h4-10H,3,11H2,1-2H3,(H2,20,22,25,26). The average molecular weight is 429 g/mol. The van der Waals surface area contributed by atoms with Gasteiger partial charge in [0.2, 0.25) is 5.91 Å². The Kier molecular flexibility index (Phi) is 6.52. The lowest BCUT2D eigenvalue weighted by Crippen LogP contribution is -2.40. The van der Waals surface area contributed by atoms with Gasteiger partial charge >= 0.3 is 6.03 Å². The fraction of sp³-hybridized carbons (Fsp3) is 0.211. The molecule has 0 saturated heterocycles. The van der Waals surface area contributed by atoms with Crippen LogP contribution in [0.3, 0.4) is 0 Å². The van der Waals surface area contributed by atoms with E-state index in [4.69, 9.17) is 4.74 Å². The molecule has 11 heteroatoms. The summed E-state index contributed by atoms with van der Waals surface area (Å²) >= 11 is 1.10. The molecule has 0 aliphatic carbocycles. The van der Waals surface area contributed by atoms with Gasteiger partial charge in [0.25, 0.3) is 5.69 Å². The molecule has 10 nitrogen and oxygen atoms in total. The number of non-ortho nitro benzene ring substituents is 1. The van der Waals surface area contributed by atoms with Crippen LogP contribution in [-0.2, 0) is 4.79 Å². The smallest absolute Gasteiger partial charge is 0.321 e. The molecule has 0 aliphatic rings. The third-order valence-electron chi connectivity index (χ3n) is 4.07. The second kappa shape index (κ2) is 9.27. The highest BCUT2D eigenvalue weighted by atomic mass is 32.2. The Balaban J connectivity index is 2.00. The molecule has 2 aromatic carbocycles. The highest BCUT2D eigenvalue weighted by Gasteiger charge is 2.19. The second-order valence-corrected chi connectivity index (χ2v) is 6.97. The van der Waals surface area contributed by atoms with Crippen LogP contribution < -0.4 is 15.4 Å². The zero-order valence-corrected chi connectivity index (χ0v) is 17.1. The van der Waals surface area contributed by atoms with Crippen LogP contribution in [0, 0.1) is 10.1 Å². The summed E-state index contributed by atoms with van der Waals surface area (Å²) in [5, 5.41) is 16.3. The Labute approximate surface area is 175 Å². The van der Waals surface area contributed by atoms with Crippen LogP contribution >= 0.6 is 11.8 Å². The van der Waals surface area contributed by atoms with E-state index in [2.05, 4.69) is 15.6 Å². The third kappa shape index (κ3) is 4.51. The number of imidazole rings is 1. The van der Waals surface area contributed by atoms with E-state index in [0.717, 1.165) is 11.8 Å². The van der Waals surface area contributed by atoms with E-state index in [0.29, 0.717) is 34.2 Å². The summed E-state index contributed by atoms with van der Waals surface area (Å²) in [6.45, 7) is 2.14. The maximum Gasteiger partial charge on any atom is 0.321 e.